The van der Waals surface area contributed by atoms with E-state index < -0.39 is 0 Å². The maximum atomic E-state index is 9.58. The van der Waals surface area contributed by atoms with Gasteiger partial charge in [0.25, 0.3) is 0 Å². The topological polar surface area (TPSA) is 99.6 Å². The Bertz CT molecular complexity index is 2550. The monoisotopic (exact) mass is 679 g/mol. The molecule has 5 heterocycles. The summed E-state index contributed by atoms with van der Waals surface area (Å²) < 4.78 is 11.3. The van der Waals surface area contributed by atoms with Crippen LogP contribution in [-0.2, 0) is 6.42 Å². The number of aromatic amines is 2. The van der Waals surface area contributed by atoms with Gasteiger partial charge in [-0.05, 0) is 114 Å². The molecule has 3 aromatic carbocycles. The van der Waals surface area contributed by atoms with E-state index in [1.165, 1.54) is 5.56 Å². The number of methoxy groups -OCH3 is 2. The first kappa shape index (κ1) is 32.5. The second kappa shape index (κ2) is 13.9. The molecule has 0 radical (unpaired) electrons. The fraction of sp³-hybridized carbons (Fsp3) is 0.133. The number of unbranched alkanes of at least 4 members (excludes halogenated alkanes) is 1. The minimum absolute atomic E-state index is 0.596. The first-order chi connectivity index (χ1) is 25.6. The molecule has 8 rings (SSSR count). The van der Waals surface area contributed by atoms with Gasteiger partial charge < -0.3 is 19.4 Å². The quantitative estimate of drug-likeness (QED) is 0.166. The van der Waals surface area contributed by atoms with Crippen LogP contribution in [0.5, 0.6) is 11.5 Å². The number of benzene rings is 3. The number of hydrogen-bond donors (Lipinski definition) is 2. The number of aromatic nitrogens is 4. The van der Waals surface area contributed by atoms with E-state index in [0.717, 1.165) is 109 Å². The van der Waals surface area contributed by atoms with Gasteiger partial charge in [-0.1, -0.05) is 49.7 Å². The summed E-state index contributed by atoms with van der Waals surface area (Å²) >= 11 is 0. The third-order valence-electron chi connectivity index (χ3n) is 9.66. The van der Waals surface area contributed by atoms with Crippen LogP contribution in [-0.4, -0.2) is 34.2 Å². The zero-order valence-electron chi connectivity index (χ0n) is 29.3. The highest BCUT2D eigenvalue weighted by molar-refractivity contribution is 5.98. The van der Waals surface area contributed by atoms with Crippen molar-refractivity contribution in [2.24, 2.45) is 0 Å². The van der Waals surface area contributed by atoms with Crippen molar-refractivity contribution in [1.82, 2.24) is 19.9 Å². The molecule has 2 N–H and O–H groups in total. The molecule has 3 aromatic heterocycles. The fourth-order valence-corrected chi connectivity index (χ4v) is 7.06. The van der Waals surface area contributed by atoms with Gasteiger partial charge in [-0.25, -0.2) is 9.97 Å². The first-order valence-electron chi connectivity index (χ1n) is 17.5. The van der Waals surface area contributed by atoms with Gasteiger partial charge in [-0.15, -0.1) is 0 Å². The molecule has 7 nitrogen and oxygen atoms in total. The zero-order chi connectivity index (χ0) is 35.6. The number of nitrogens with one attached hydrogen (secondary N) is 2. The van der Waals surface area contributed by atoms with Crippen LogP contribution in [0.2, 0.25) is 0 Å². The van der Waals surface area contributed by atoms with E-state index in [1.54, 1.807) is 14.2 Å². The highest BCUT2D eigenvalue weighted by atomic mass is 16.5. The SMILES string of the molecule is CCCCc1c2nc(c(-c3cccc(OC)c3)c3ccc([nH]3)c(-c3ccc(C#N)cc3)c3nc(c(-c4cccc(OC)c4)c4ccc1[nH]4)C=C3)C=C2. The van der Waals surface area contributed by atoms with Crippen molar-refractivity contribution < 1.29 is 9.47 Å². The second-order valence-corrected chi connectivity index (χ2v) is 12.9. The van der Waals surface area contributed by atoms with Gasteiger partial charge in [0.05, 0.1) is 48.6 Å². The molecule has 7 heteroatoms. The van der Waals surface area contributed by atoms with Crippen LogP contribution >= 0.6 is 0 Å². The standard InChI is InChI=1S/C45H37N5O2/c1-4-5-12-34-35-17-19-39(47-35)44(30-8-6-10-32(25-30)51-2)41-23-21-37(49-41)43(29-15-13-28(27-46)14-16-29)38-22-24-42(50-38)45(40-20-18-36(34)48-40)31-9-7-11-33(26-31)52-3/h6-11,13-26,47,50H,4-5,12H2,1-3H3. The highest BCUT2D eigenvalue weighted by Crippen LogP contribution is 2.38. The van der Waals surface area contributed by atoms with Gasteiger partial charge in [0.2, 0.25) is 0 Å². The smallest absolute Gasteiger partial charge is 0.119 e. The number of aryl methyl sites for hydroxylation is 1. The first-order valence-corrected chi connectivity index (χ1v) is 17.5. The molecule has 254 valence electrons. The maximum Gasteiger partial charge on any atom is 0.119 e. The molecule has 6 aromatic rings. The summed E-state index contributed by atoms with van der Waals surface area (Å²) in [6.07, 6.45) is 11.4. The largest absolute Gasteiger partial charge is 0.497 e. The van der Waals surface area contributed by atoms with Crippen molar-refractivity contribution in [2.75, 3.05) is 14.2 Å². The highest BCUT2D eigenvalue weighted by Gasteiger charge is 2.19. The maximum absolute atomic E-state index is 9.58. The van der Waals surface area contributed by atoms with Crippen LogP contribution in [0, 0.1) is 11.3 Å². The molecular weight excluding hydrogens is 643 g/mol. The molecule has 0 saturated heterocycles. The lowest BCUT2D eigenvalue weighted by Crippen LogP contribution is -1.92. The van der Waals surface area contributed by atoms with Crippen LogP contribution < -0.4 is 9.47 Å². The minimum atomic E-state index is 0.596. The third kappa shape index (κ3) is 6.05. The Hall–Kier alpha value is -6.65. The summed E-state index contributed by atoms with van der Waals surface area (Å²) in [6, 6.07) is 34.6. The van der Waals surface area contributed by atoms with Crippen molar-refractivity contribution in [3.63, 3.8) is 0 Å². The van der Waals surface area contributed by atoms with Crippen molar-refractivity contribution in [2.45, 2.75) is 26.2 Å². The average Bonchev–Trinajstić information content (AvgIpc) is 4.03. The molecular formula is C45H37N5O2. The summed E-state index contributed by atoms with van der Waals surface area (Å²) in [7, 11) is 3.37. The van der Waals surface area contributed by atoms with Crippen molar-refractivity contribution in [1.29, 1.82) is 5.26 Å². The van der Waals surface area contributed by atoms with Crippen molar-refractivity contribution >= 4 is 46.4 Å². The van der Waals surface area contributed by atoms with E-state index in [-0.39, 0.29) is 0 Å². The number of fused-ring (bicyclic) bond motifs is 8. The molecule has 0 fully saturated rings. The molecule has 0 spiro atoms. The Labute approximate surface area is 302 Å². The number of rotatable bonds is 8. The zero-order valence-corrected chi connectivity index (χ0v) is 29.3. The number of H-pyrrole nitrogens is 2. The summed E-state index contributed by atoms with van der Waals surface area (Å²) in [6.45, 7) is 2.22. The summed E-state index contributed by atoms with van der Waals surface area (Å²) in [5.74, 6) is 1.54. The summed E-state index contributed by atoms with van der Waals surface area (Å²) in [4.78, 5) is 18.2. The molecule has 0 saturated carbocycles. The number of ether oxygens (including phenoxy) is 2. The normalized spacial score (nSPS) is 11.8. The Morgan fingerprint density at radius 2 is 1.06 bits per heavy atom. The van der Waals surface area contributed by atoms with E-state index in [0.29, 0.717) is 5.56 Å². The fourth-order valence-electron chi connectivity index (χ4n) is 7.06. The molecule has 0 unspecified atom stereocenters. The summed E-state index contributed by atoms with van der Waals surface area (Å²) in [5, 5.41) is 9.58. The second-order valence-electron chi connectivity index (χ2n) is 12.9. The lowest BCUT2D eigenvalue weighted by Gasteiger charge is -2.08. The van der Waals surface area contributed by atoms with E-state index >= 15 is 0 Å². The van der Waals surface area contributed by atoms with Gasteiger partial charge in [0.1, 0.15) is 11.5 Å². The number of nitriles is 1. The van der Waals surface area contributed by atoms with Gasteiger partial charge >= 0.3 is 0 Å². The predicted octanol–water partition coefficient (Wildman–Crippen LogP) is 10.9. The Morgan fingerprint density at radius 1 is 0.577 bits per heavy atom. The minimum Gasteiger partial charge on any atom is -0.497 e. The molecule has 2 aliphatic heterocycles. The van der Waals surface area contributed by atoms with Gasteiger partial charge in [0.15, 0.2) is 0 Å². The molecule has 8 bridgehead atoms. The Balaban J connectivity index is 1.54. The predicted molar refractivity (Wildman–Crippen MR) is 212 cm³/mol. The Kier molecular flexibility index (Phi) is 8.72. The molecule has 0 atom stereocenters. The van der Waals surface area contributed by atoms with Crippen LogP contribution in [0.3, 0.4) is 0 Å². The molecule has 0 amide bonds. The molecule has 2 aliphatic rings. The molecule has 0 aliphatic carbocycles. The number of hydrogen-bond acceptors (Lipinski definition) is 5. The van der Waals surface area contributed by atoms with Gasteiger partial charge in [0, 0.05) is 44.3 Å². The van der Waals surface area contributed by atoms with Crippen LogP contribution in [0.4, 0.5) is 0 Å². The summed E-state index contributed by atoms with van der Waals surface area (Å²) in [5.41, 5.74) is 14.8. The van der Waals surface area contributed by atoms with Crippen LogP contribution in [0.1, 0.15) is 53.7 Å². The van der Waals surface area contributed by atoms with Crippen LogP contribution in [0.25, 0.3) is 79.8 Å². The lowest BCUT2D eigenvalue weighted by molar-refractivity contribution is 0.415. The van der Waals surface area contributed by atoms with E-state index in [9.17, 15) is 5.26 Å². The third-order valence-corrected chi connectivity index (χ3v) is 9.66. The van der Waals surface area contributed by atoms with E-state index in [4.69, 9.17) is 19.4 Å². The van der Waals surface area contributed by atoms with Gasteiger partial charge in [-0.2, -0.15) is 5.26 Å². The van der Waals surface area contributed by atoms with Gasteiger partial charge in [-0.3, -0.25) is 0 Å². The van der Waals surface area contributed by atoms with Crippen LogP contribution in [0.15, 0.2) is 97.1 Å². The average molecular weight is 680 g/mol. The molecule has 52 heavy (non-hydrogen) atoms. The van der Waals surface area contributed by atoms with Crippen molar-refractivity contribution in [3.8, 4) is 50.9 Å². The number of nitrogens with zero attached hydrogens (tertiary/aromatic N) is 3. The Morgan fingerprint density at radius 3 is 1.58 bits per heavy atom. The lowest BCUT2D eigenvalue weighted by atomic mass is 10.0. The van der Waals surface area contributed by atoms with E-state index in [2.05, 4.69) is 83.7 Å². The van der Waals surface area contributed by atoms with Crippen molar-refractivity contribution in [3.05, 3.63) is 131 Å². The van der Waals surface area contributed by atoms with E-state index in [1.807, 2.05) is 60.7 Å².